The molecular weight excluding hydrogens is 372 g/mol. The fraction of sp³-hybridized carbons (Fsp3) is 0.409. The van der Waals surface area contributed by atoms with Crippen LogP contribution >= 0.6 is 0 Å². The zero-order valence-electron chi connectivity index (χ0n) is 17.9. The van der Waals surface area contributed by atoms with E-state index in [2.05, 4.69) is 0 Å². The van der Waals surface area contributed by atoms with E-state index in [0.29, 0.717) is 46.9 Å². The first-order chi connectivity index (χ1) is 13.8. The van der Waals surface area contributed by atoms with Gasteiger partial charge in [0.25, 0.3) is 5.91 Å². The largest absolute Gasteiger partial charge is 0.497 e. The Hall–Kier alpha value is -3.09. The van der Waals surface area contributed by atoms with Gasteiger partial charge in [-0.3, -0.25) is 9.59 Å². The van der Waals surface area contributed by atoms with Gasteiger partial charge in [0, 0.05) is 29.9 Å². The zero-order chi connectivity index (χ0) is 21.7. The number of aromatic nitrogens is 1. The minimum Gasteiger partial charge on any atom is -0.497 e. The predicted molar refractivity (Wildman–Crippen MR) is 110 cm³/mol. The summed E-state index contributed by atoms with van der Waals surface area (Å²) in [7, 11) is 2.85. The molecule has 0 fully saturated rings. The molecule has 0 unspecified atom stereocenters. The van der Waals surface area contributed by atoms with Crippen molar-refractivity contribution in [3.8, 4) is 5.75 Å². The molecule has 2 rings (SSSR count). The summed E-state index contributed by atoms with van der Waals surface area (Å²) in [6.07, 6.45) is 0. The number of amides is 1. The van der Waals surface area contributed by atoms with Crippen molar-refractivity contribution in [3.63, 3.8) is 0 Å². The second-order valence-corrected chi connectivity index (χ2v) is 6.64. The lowest BCUT2D eigenvalue weighted by molar-refractivity contribution is 0.0587. The Morgan fingerprint density at radius 2 is 1.79 bits per heavy atom. The number of ether oxygens (including phenoxy) is 2. The van der Waals surface area contributed by atoms with Crippen molar-refractivity contribution < 1.29 is 23.9 Å². The molecule has 1 amide bonds. The van der Waals surface area contributed by atoms with Crippen LogP contribution in [0.4, 0.5) is 0 Å². The molecule has 2 aromatic rings. The number of methoxy groups -OCH3 is 2. The van der Waals surface area contributed by atoms with Gasteiger partial charge in [-0.05, 0) is 51.5 Å². The van der Waals surface area contributed by atoms with Crippen LogP contribution in [0.3, 0.4) is 0 Å². The minimum atomic E-state index is -0.480. The summed E-state index contributed by atoms with van der Waals surface area (Å²) in [4.78, 5) is 39.7. The molecule has 0 radical (unpaired) electrons. The molecule has 1 aromatic carbocycles. The number of carbonyl (C=O) groups excluding carboxylic acids is 3. The first-order valence-corrected chi connectivity index (χ1v) is 9.55. The van der Waals surface area contributed by atoms with E-state index in [-0.39, 0.29) is 18.2 Å². The molecule has 1 aromatic heterocycles. The van der Waals surface area contributed by atoms with E-state index in [1.807, 2.05) is 13.8 Å². The molecule has 0 spiro atoms. The number of likely N-dealkylation sites (N-methyl/N-ethyl adjacent to an activating group) is 1. The lowest BCUT2D eigenvalue weighted by Crippen LogP contribution is -2.35. The molecule has 7 heteroatoms. The monoisotopic (exact) mass is 400 g/mol. The van der Waals surface area contributed by atoms with Gasteiger partial charge in [0.1, 0.15) is 11.4 Å². The van der Waals surface area contributed by atoms with Crippen LogP contribution in [-0.4, -0.2) is 54.4 Å². The van der Waals surface area contributed by atoms with Gasteiger partial charge in [0.05, 0.1) is 20.8 Å². The number of benzene rings is 1. The van der Waals surface area contributed by atoms with Crippen LogP contribution in [-0.2, 0) is 11.3 Å². The van der Waals surface area contributed by atoms with Crippen molar-refractivity contribution >= 4 is 17.7 Å². The summed E-state index contributed by atoms with van der Waals surface area (Å²) in [6.45, 7) is 8.08. The van der Waals surface area contributed by atoms with Crippen LogP contribution in [0, 0.1) is 13.8 Å². The van der Waals surface area contributed by atoms with E-state index in [9.17, 15) is 14.4 Å². The molecule has 0 aliphatic carbocycles. The average molecular weight is 400 g/mol. The molecule has 7 nitrogen and oxygen atoms in total. The standard InChI is InChI=1S/C22H28N2O5/c1-7-23(21(26)16-10-9-11-17(12-16)28-5)13-18(25)19-14(3)20(22(27)29-6)24(8-2)15(19)4/h9-12H,7-8,13H2,1-6H3. The Balaban J connectivity index is 2.36. The third-order valence-electron chi connectivity index (χ3n) is 5.06. The second kappa shape index (κ2) is 9.41. The first-order valence-electron chi connectivity index (χ1n) is 9.55. The number of ketones is 1. The zero-order valence-corrected chi connectivity index (χ0v) is 17.9. The molecule has 0 atom stereocenters. The molecular formula is C22H28N2O5. The van der Waals surface area contributed by atoms with Crippen molar-refractivity contribution in [1.82, 2.24) is 9.47 Å². The second-order valence-electron chi connectivity index (χ2n) is 6.64. The van der Waals surface area contributed by atoms with Crippen LogP contribution in [0.2, 0.25) is 0 Å². The number of rotatable bonds is 8. The van der Waals surface area contributed by atoms with E-state index < -0.39 is 5.97 Å². The maximum absolute atomic E-state index is 13.1. The summed E-state index contributed by atoms with van der Waals surface area (Å²) in [5, 5.41) is 0. The van der Waals surface area contributed by atoms with Gasteiger partial charge in [0.15, 0.2) is 5.78 Å². The number of hydrogen-bond donors (Lipinski definition) is 0. The normalized spacial score (nSPS) is 10.6. The number of hydrogen-bond acceptors (Lipinski definition) is 5. The van der Waals surface area contributed by atoms with E-state index in [0.717, 1.165) is 0 Å². The maximum atomic E-state index is 13.1. The highest BCUT2D eigenvalue weighted by molar-refractivity contribution is 6.06. The van der Waals surface area contributed by atoms with Crippen molar-refractivity contribution in [2.24, 2.45) is 0 Å². The van der Waals surface area contributed by atoms with Crippen molar-refractivity contribution in [3.05, 3.63) is 52.3 Å². The molecule has 0 saturated heterocycles. The molecule has 29 heavy (non-hydrogen) atoms. The van der Waals surface area contributed by atoms with Crippen LogP contribution < -0.4 is 4.74 Å². The van der Waals surface area contributed by atoms with Crippen LogP contribution in [0.5, 0.6) is 5.75 Å². The lowest BCUT2D eigenvalue weighted by atomic mass is 10.0. The summed E-state index contributed by atoms with van der Waals surface area (Å²) in [5.74, 6) is -0.368. The fourth-order valence-corrected chi connectivity index (χ4v) is 3.58. The highest BCUT2D eigenvalue weighted by Gasteiger charge is 2.28. The summed E-state index contributed by atoms with van der Waals surface area (Å²) in [6, 6.07) is 6.83. The topological polar surface area (TPSA) is 77.8 Å². The minimum absolute atomic E-state index is 0.0808. The van der Waals surface area contributed by atoms with Crippen molar-refractivity contribution in [1.29, 1.82) is 0 Å². The van der Waals surface area contributed by atoms with Gasteiger partial charge in [-0.15, -0.1) is 0 Å². The Morgan fingerprint density at radius 3 is 2.34 bits per heavy atom. The van der Waals surface area contributed by atoms with Crippen molar-refractivity contribution in [2.75, 3.05) is 27.3 Å². The Bertz CT molecular complexity index is 930. The molecule has 0 aliphatic rings. The molecule has 0 bridgehead atoms. The number of esters is 1. The van der Waals surface area contributed by atoms with E-state index in [4.69, 9.17) is 9.47 Å². The third kappa shape index (κ3) is 4.34. The SMILES string of the molecule is CCN(CC(=O)c1c(C)c(C(=O)OC)n(CC)c1C)C(=O)c1cccc(OC)c1. The van der Waals surface area contributed by atoms with Gasteiger partial charge in [0.2, 0.25) is 0 Å². The van der Waals surface area contributed by atoms with Crippen LogP contribution in [0.15, 0.2) is 24.3 Å². The molecule has 0 aliphatic heterocycles. The number of Topliss-reactive ketones (excluding diaryl/α,β-unsaturated/α-hetero) is 1. The molecule has 0 saturated carbocycles. The third-order valence-corrected chi connectivity index (χ3v) is 5.06. The van der Waals surface area contributed by atoms with Crippen LogP contribution in [0.1, 0.15) is 56.3 Å². The summed E-state index contributed by atoms with van der Waals surface area (Å²) in [5.41, 5.74) is 2.56. The highest BCUT2D eigenvalue weighted by atomic mass is 16.5. The molecule has 156 valence electrons. The highest BCUT2D eigenvalue weighted by Crippen LogP contribution is 2.24. The van der Waals surface area contributed by atoms with Gasteiger partial charge in [-0.2, -0.15) is 0 Å². The van der Waals surface area contributed by atoms with Crippen LogP contribution in [0.25, 0.3) is 0 Å². The Morgan fingerprint density at radius 1 is 1.10 bits per heavy atom. The van der Waals surface area contributed by atoms with Gasteiger partial charge in [-0.1, -0.05) is 6.07 Å². The Kier molecular flexibility index (Phi) is 7.20. The maximum Gasteiger partial charge on any atom is 0.354 e. The van der Waals surface area contributed by atoms with E-state index >= 15 is 0 Å². The lowest BCUT2D eigenvalue weighted by Gasteiger charge is -2.20. The molecule has 1 heterocycles. The summed E-state index contributed by atoms with van der Waals surface area (Å²) >= 11 is 0. The predicted octanol–water partition coefficient (Wildman–Crippen LogP) is 3.27. The number of carbonyl (C=O) groups is 3. The average Bonchev–Trinajstić information content (AvgIpc) is 3.00. The quantitative estimate of drug-likeness (QED) is 0.502. The fourth-order valence-electron chi connectivity index (χ4n) is 3.58. The van der Waals surface area contributed by atoms with Gasteiger partial charge in [-0.25, -0.2) is 4.79 Å². The van der Waals surface area contributed by atoms with Crippen molar-refractivity contribution in [2.45, 2.75) is 34.2 Å². The van der Waals surface area contributed by atoms with Gasteiger partial charge < -0.3 is 18.9 Å². The smallest absolute Gasteiger partial charge is 0.354 e. The first kappa shape index (κ1) is 22.2. The van der Waals surface area contributed by atoms with E-state index in [1.165, 1.54) is 19.1 Å². The Labute approximate surface area is 171 Å². The summed E-state index contributed by atoms with van der Waals surface area (Å²) < 4.78 is 11.8. The molecule has 0 N–H and O–H groups in total. The number of nitrogens with zero attached hydrogens (tertiary/aromatic N) is 2. The van der Waals surface area contributed by atoms with E-state index in [1.54, 1.807) is 42.7 Å². The van der Waals surface area contributed by atoms with Gasteiger partial charge >= 0.3 is 5.97 Å².